The Kier molecular flexibility index (Phi) is 8.37. The number of carboxylic acid groups (broad SMARTS) is 1. The van der Waals surface area contributed by atoms with Crippen LogP contribution in [0, 0.1) is 0 Å². The minimum atomic E-state index is -0.933. The van der Waals surface area contributed by atoms with E-state index in [1.807, 2.05) is 0 Å². The monoisotopic (exact) mass is 448 g/mol. The van der Waals surface area contributed by atoms with Gasteiger partial charge in [-0.15, -0.1) is 0 Å². The maximum absolute atomic E-state index is 11.0. The molecule has 0 aliphatic heterocycles. The van der Waals surface area contributed by atoms with Crippen molar-refractivity contribution >= 4 is 40.2 Å². The smallest absolute Gasteiger partial charge is 0.320 e. The lowest BCUT2D eigenvalue weighted by molar-refractivity contribution is -0.138. The third-order valence-corrected chi connectivity index (χ3v) is 3.92. The molecule has 4 rings (SSSR count). The fraction of sp³-hybridized carbons (Fsp3) is 0.312. The van der Waals surface area contributed by atoms with Crippen LogP contribution in [0.1, 0.15) is 19.3 Å². The Bertz CT molecular complexity index is 1190. The van der Waals surface area contributed by atoms with Gasteiger partial charge in [0.2, 0.25) is 11.9 Å². The zero-order chi connectivity index (χ0) is 23.7. The summed E-state index contributed by atoms with van der Waals surface area (Å²) in [7, 11) is 0. The van der Waals surface area contributed by atoms with Gasteiger partial charge in [-0.3, -0.25) is 24.4 Å². The molecule has 172 valence electrons. The lowest BCUT2D eigenvalue weighted by Crippen LogP contribution is -2.29. The van der Waals surface area contributed by atoms with Gasteiger partial charge in [-0.1, -0.05) is 6.42 Å². The maximum atomic E-state index is 11.0. The predicted molar refractivity (Wildman–Crippen MR) is 116 cm³/mol. The lowest BCUT2D eigenvalue weighted by Gasteiger charge is -2.03. The zero-order valence-electron chi connectivity index (χ0n) is 16.8. The molecule has 0 radical (unpaired) electrons. The molecule has 0 saturated carbocycles. The number of nitrogens with two attached hydrogens (primary N) is 4. The molecule has 0 fully saturated rings. The molecule has 4 aromatic heterocycles. The van der Waals surface area contributed by atoms with E-state index in [0.29, 0.717) is 35.3 Å². The third-order valence-electron chi connectivity index (χ3n) is 3.92. The Morgan fingerprint density at radius 2 is 1.41 bits per heavy atom. The topological polar surface area (TPSA) is 290 Å². The minimum Gasteiger partial charge on any atom is -0.480 e. The first-order chi connectivity index (χ1) is 15.2. The third kappa shape index (κ3) is 6.61. The molecule has 16 nitrogen and oxygen atoms in total. The van der Waals surface area contributed by atoms with Gasteiger partial charge in [0, 0.05) is 0 Å². The number of imidazole rings is 2. The van der Waals surface area contributed by atoms with Crippen molar-refractivity contribution in [2.24, 2.45) is 11.5 Å². The molecule has 4 heterocycles. The number of anilines is 2. The molecule has 32 heavy (non-hydrogen) atoms. The molecule has 16 heteroatoms. The Morgan fingerprint density at radius 1 is 0.938 bits per heavy atom. The van der Waals surface area contributed by atoms with Crippen LogP contribution in [-0.4, -0.2) is 63.5 Å². The van der Waals surface area contributed by atoms with E-state index in [1.165, 1.54) is 12.7 Å². The summed E-state index contributed by atoms with van der Waals surface area (Å²) in [5.41, 5.74) is 21.7. The van der Waals surface area contributed by atoms with Crippen molar-refractivity contribution < 1.29 is 9.90 Å². The van der Waals surface area contributed by atoms with Crippen molar-refractivity contribution in [3.05, 3.63) is 33.4 Å². The second-order valence-corrected chi connectivity index (χ2v) is 6.33. The summed E-state index contributed by atoms with van der Waals surface area (Å²) >= 11 is 0. The van der Waals surface area contributed by atoms with Crippen LogP contribution < -0.4 is 34.1 Å². The van der Waals surface area contributed by atoms with E-state index in [2.05, 4.69) is 39.9 Å². The van der Waals surface area contributed by atoms with Gasteiger partial charge in [0.15, 0.2) is 22.3 Å². The number of unbranched alkanes of at least 4 members (excludes halogenated alkanes) is 1. The van der Waals surface area contributed by atoms with Crippen molar-refractivity contribution in [3.8, 4) is 0 Å². The molecule has 0 aliphatic carbocycles. The number of hydrogen-bond acceptors (Lipinski definition) is 11. The Labute approximate surface area is 178 Å². The first kappa shape index (κ1) is 24.0. The summed E-state index contributed by atoms with van der Waals surface area (Å²) < 4.78 is 0. The van der Waals surface area contributed by atoms with Crippen molar-refractivity contribution in [2.75, 3.05) is 18.0 Å². The van der Waals surface area contributed by atoms with Crippen LogP contribution in [0.15, 0.2) is 22.2 Å². The SMILES string of the molecule is NCCCCC(N)C(=O)O.Nc1nc2nc[nH]c2c(=O)[nH]1.Nc1nc2nc[nH]c2c(=O)[nH]1. The van der Waals surface area contributed by atoms with E-state index >= 15 is 0 Å². The summed E-state index contributed by atoms with van der Waals surface area (Å²) in [5, 5.41) is 8.33. The number of carboxylic acids is 1. The summed E-state index contributed by atoms with van der Waals surface area (Å²) in [5.74, 6) is -0.777. The second-order valence-electron chi connectivity index (χ2n) is 6.33. The summed E-state index contributed by atoms with van der Waals surface area (Å²) in [6.07, 6.45) is 4.95. The van der Waals surface area contributed by atoms with Gasteiger partial charge in [-0.05, 0) is 19.4 Å². The Balaban J connectivity index is 0.000000171. The lowest BCUT2D eigenvalue weighted by atomic mass is 10.1. The van der Waals surface area contributed by atoms with Crippen LogP contribution in [0.3, 0.4) is 0 Å². The van der Waals surface area contributed by atoms with E-state index < -0.39 is 12.0 Å². The first-order valence-electron chi connectivity index (χ1n) is 9.29. The number of aromatic nitrogens is 8. The number of rotatable bonds is 5. The molecule has 13 N–H and O–H groups in total. The highest BCUT2D eigenvalue weighted by Crippen LogP contribution is 1.99. The fourth-order valence-electron chi connectivity index (χ4n) is 2.35. The van der Waals surface area contributed by atoms with Crippen LogP contribution in [0.25, 0.3) is 22.3 Å². The van der Waals surface area contributed by atoms with Gasteiger partial charge in [0.25, 0.3) is 11.1 Å². The van der Waals surface area contributed by atoms with E-state index in [0.717, 1.165) is 12.8 Å². The van der Waals surface area contributed by atoms with Gasteiger partial charge in [-0.2, -0.15) is 9.97 Å². The van der Waals surface area contributed by atoms with Crippen molar-refractivity contribution in [1.82, 2.24) is 39.9 Å². The van der Waals surface area contributed by atoms with Crippen molar-refractivity contribution in [2.45, 2.75) is 25.3 Å². The molecule has 1 unspecified atom stereocenters. The molecule has 0 spiro atoms. The summed E-state index contributed by atoms with van der Waals surface area (Å²) in [6, 6.07) is -0.716. The quantitative estimate of drug-likeness (QED) is 0.149. The highest BCUT2D eigenvalue weighted by Gasteiger charge is 2.09. The standard InChI is InChI=1S/C6H14N2O2.2C5H5N5O/c7-4-2-1-3-5(8)6(9)10;2*6-5-9-3-2(4(11)10-5)7-1-8-3/h5H,1-4,7-8H2,(H,9,10);2*1H,(H4,6,7,8,9,10,11). The van der Waals surface area contributed by atoms with Gasteiger partial charge >= 0.3 is 5.97 Å². The van der Waals surface area contributed by atoms with Crippen LogP contribution in [0.2, 0.25) is 0 Å². The summed E-state index contributed by atoms with van der Waals surface area (Å²) in [6.45, 7) is 0.604. The zero-order valence-corrected chi connectivity index (χ0v) is 16.8. The van der Waals surface area contributed by atoms with Crippen LogP contribution in [0.5, 0.6) is 0 Å². The highest BCUT2D eigenvalue weighted by molar-refractivity contribution is 5.73. The minimum absolute atomic E-state index is 0.0783. The molecule has 4 aromatic rings. The molecule has 0 aromatic carbocycles. The van der Waals surface area contributed by atoms with E-state index in [1.54, 1.807) is 0 Å². The molecular weight excluding hydrogens is 424 g/mol. The van der Waals surface area contributed by atoms with Gasteiger partial charge in [0.1, 0.15) is 6.04 Å². The van der Waals surface area contributed by atoms with Crippen LogP contribution in [0.4, 0.5) is 11.9 Å². The molecule has 0 amide bonds. The van der Waals surface area contributed by atoms with Gasteiger partial charge < -0.3 is 38.0 Å². The number of fused-ring (bicyclic) bond motifs is 2. The fourth-order valence-corrected chi connectivity index (χ4v) is 2.35. The van der Waals surface area contributed by atoms with E-state index in [4.69, 9.17) is 28.0 Å². The number of carbonyl (C=O) groups is 1. The average molecular weight is 448 g/mol. The van der Waals surface area contributed by atoms with Gasteiger partial charge in [-0.25, -0.2) is 9.97 Å². The number of hydrogen-bond donors (Lipinski definition) is 9. The van der Waals surface area contributed by atoms with Crippen molar-refractivity contribution in [1.29, 1.82) is 0 Å². The number of nitrogens with one attached hydrogen (secondary N) is 4. The first-order valence-corrected chi connectivity index (χ1v) is 9.29. The molecule has 0 bridgehead atoms. The number of nitrogens with zero attached hydrogens (tertiary/aromatic N) is 4. The summed E-state index contributed by atoms with van der Waals surface area (Å²) in [4.78, 5) is 57.2. The average Bonchev–Trinajstić information content (AvgIpc) is 3.38. The molecular formula is C16H24N12O4. The van der Waals surface area contributed by atoms with E-state index in [-0.39, 0.29) is 23.0 Å². The molecule has 1 atom stereocenters. The Morgan fingerprint density at radius 3 is 1.81 bits per heavy atom. The normalized spacial score (nSPS) is 11.3. The van der Waals surface area contributed by atoms with Crippen LogP contribution >= 0.6 is 0 Å². The van der Waals surface area contributed by atoms with E-state index in [9.17, 15) is 14.4 Å². The highest BCUT2D eigenvalue weighted by atomic mass is 16.4. The second kappa shape index (κ2) is 11.2. The molecule has 0 aliphatic rings. The number of nitrogen functional groups attached to an aromatic ring is 2. The predicted octanol–water partition coefficient (Wildman–Crippen LogP) is -2.02. The Hall–Kier alpha value is -4.31. The maximum Gasteiger partial charge on any atom is 0.320 e. The number of H-pyrrole nitrogens is 4. The largest absolute Gasteiger partial charge is 0.480 e. The number of aromatic amines is 4. The van der Waals surface area contributed by atoms with Crippen molar-refractivity contribution in [3.63, 3.8) is 0 Å². The number of aliphatic carboxylic acids is 1. The van der Waals surface area contributed by atoms with Crippen LogP contribution in [-0.2, 0) is 4.79 Å². The molecule has 0 saturated heterocycles. The van der Waals surface area contributed by atoms with Gasteiger partial charge in [0.05, 0.1) is 12.7 Å².